The summed E-state index contributed by atoms with van der Waals surface area (Å²) in [5.74, 6) is 5.07. The lowest BCUT2D eigenvalue weighted by atomic mass is 10.0. The third-order valence-electron chi connectivity index (χ3n) is 4.53. The highest BCUT2D eigenvalue weighted by Crippen LogP contribution is 2.26. The molecule has 122 valence electrons. The monoisotopic (exact) mass is 322 g/mol. The summed E-state index contributed by atoms with van der Waals surface area (Å²) in [5.41, 5.74) is 0. The van der Waals surface area contributed by atoms with Crippen LogP contribution in [0.15, 0.2) is 12.4 Å². The van der Waals surface area contributed by atoms with Crippen molar-refractivity contribution < 1.29 is 5.11 Å². The summed E-state index contributed by atoms with van der Waals surface area (Å²) in [4.78, 5) is 13.6. The molecule has 0 spiro atoms. The molecule has 1 N–H and O–H groups in total. The molecule has 0 bridgehead atoms. The molecule has 0 aromatic carbocycles. The predicted molar refractivity (Wildman–Crippen MR) is 92.8 cm³/mol. The lowest BCUT2D eigenvalue weighted by Gasteiger charge is -2.36. The zero-order chi connectivity index (χ0) is 15.4. The molecule has 2 saturated heterocycles. The SMILES string of the molecule is CC1CSCCN(c2cc(N3CCCCC3CO)ncn2)C1. The number of hydrogen-bond donors (Lipinski definition) is 1. The molecule has 2 aliphatic heterocycles. The number of thioether (sulfide) groups is 1. The number of anilines is 2. The highest BCUT2D eigenvalue weighted by molar-refractivity contribution is 7.99. The number of nitrogens with zero attached hydrogens (tertiary/aromatic N) is 4. The van der Waals surface area contributed by atoms with E-state index in [1.165, 1.54) is 18.6 Å². The Morgan fingerprint density at radius 2 is 2.14 bits per heavy atom. The topological polar surface area (TPSA) is 52.5 Å². The number of rotatable bonds is 3. The van der Waals surface area contributed by atoms with Gasteiger partial charge in [-0.25, -0.2) is 9.97 Å². The van der Waals surface area contributed by atoms with Crippen molar-refractivity contribution >= 4 is 23.4 Å². The number of aliphatic hydroxyl groups is 1. The Balaban J connectivity index is 1.79. The van der Waals surface area contributed by atoms with E-state index < -0.39 is 0 Å². The van der Waals surface area contributed by atoms with E-state index in [0.717, 1.165) is 43.4 Å². The van der Waals surface area contributed by atoms with E-state index in [9.17, 15) is 5.11 Å². The van der Waals surface area contributed by atoms with Gasteiger partial charge < -0.3 is 14.9 Å². The first-order chi connectivity index (χ1) is 10.8. The summed E-state index contributed by atoms with van der Waals surface area (Å²) in [6.45, 7) is 5.60. The van der Waals surface area contributed by atoms with Crippen LogP contribution in [0.2, 0.25) is 0 Å². The van der Waals surface area contributed by atoms with Gasteiger partial charge in [-0.05, 0) is 30.9 Å². The summed E-state index contributed by atoms with van der Waals surface area (Å²) in [6, 6.07) is 2.31. The third kappa shape index (κ3) is 3.66. The van der Waals surface area contributed by atoms with Crippen LogP contribution < -0.4 is 9.80 Å². The summed E-state index contributed by atoms with van der Waals surface area (Å²) in [5, 5.41) is 9.61. The molecule has 0 radical (unpaired) electrons. The molecule has 3 heterocycles. The van der Waals surface area contributed by atoms with Gasteiger partial charge in [0.15, 0.2) is 0 Å². The Morgan fingerprint density at radius 1 is 1.27 bits per heavy atom. The van der Waals surface area contributed by atoms with Crippen molar-refractivity contribution in [1.29, 1.82) is 0 Å². The maximum Gasteiger partial charge on any atom is 0.134 e. The van der Waals surface area contributed by atoms with Gasteiger partial charge in [-0.3, -0.25) is 0 Å². The summed E-state index contributed by atoms with van der Waals surface area (Å²) >= 11 is 2.03. The normalized spacial score (nSPS) is 26.8. The van der Waals surface area contributed by atoms with Gasteiger partial charge in [0, 0.05) is 31.5 Å². The van der Waals surface area contributed by atoms with Crippen LogP contribution in [0.1, 0.15) is 26.2 Å². The molecule has 0 aliphatic carbocycles. The zero-order valence-electron chi connectivity index (χ0n) is 13.3. The van der Waals surface area contributed by atoms with Crippen LogP contribution in [0.3, 0.4) is 0 Å². The molecular weight excluding hydrogens is 296 g/mol. The van der Waals surface area contributed by atoms with E-state index in [2.05, 4.69) is 32.8 Å². The van der Waals surface area contributed by atoms with E-state index >= 15 is 0 Å². The first-order valence-corrected chi connectivity index (χ1v) is 9.45. The second-order valence-corrected chi connectivity index (χ2v) is 7.54. The smallest absolute Gasteiger partial charge is 0.134 e. The molecule has 6 heteroatoms. The number of piperidine rings is 1. The molecule has 0 amide bonds. The Hall–Kier alpha value is -1.01. The number of aromatic nitrogens is 2. The highest BCUT2D eigenvalue weighted by atomic mass is 32.2. The van der Waals surface area contributed by atoms with Crippen LogP contribution in [-0.4, -0.2) is 58.9 Å². The molecule has 2 aliphatic rings. The van der Waals surface area contributed by atoms with Gasteiger partial charge in [0.1, 0.15) is 18.0 Å². The molecule has 1 aromatic heterocycles. The van der Waals surface area contributed by atoms with Gasteiger partial charge in [0.2, 0.25) is 0 Å². The molecule has 22 heavy (non-hydrogen) atoms. The minimum absolute atomic E-state index is 0.204. The molecule has 2 atom stereocenters. The van der Waals surface area contributed by atoms with Crippen LogP contribution in [0, 0.1) is 5.92 Å². The maximum atomic E-state index is 9.61. The average Bonchev–Trinajstić information content (AvgIpc) is 2.79. The van der Waals surface area contributed by atoms with Gasteiger partial charge in [0.05, 0.1) is 12.6 Å². The Morgan fingerprint density at radius 3 is 3.00 bits per heavy atom. The van der Waals surface area contributed by atoms with Crippen LogP contribution in [0.25, 0.3) is 0 Å². The molecule has 3 rings (SSSR count). The average molecular weight is 322 g/mol. The van der Waals surface area contributed by atoms with Crippen molar-refractivity contribution in [2.24, 2.45) is 5.92 Å². The largest absolute Gasteiger partial charge is 0.394 e. The van der Waals surface area contributed by atoms with Crippen molar-refractivity contribution in [2.75, 3.05) is 47.5 Å². The lowest BCUT2D eigenvalue weighted by molar-refractivity contribution is 0.239. The summed E-state index contributed by atoms with van der Waals surface area (Å²) < 4.78 is 0. The van der Waals surface area contributed by atoms with Crippen LogP contribution >= 0.6 is 11.8 Å². The fourth-order valence-corrected chi connectivity index (χ4v) is 4.37. The van der Waals surface area contributed by atoms with E-state index in [4.69, 9.17) is 0 Å². The van der Waals surface area contributed by atoms with Crippen molar-refractivity contribution in [1.82, 2.24) is 9.97 Å². The number of aliphatic hydroxyl groups excluding tert-OH is 1. The van der Waals surface area contributed by atoms with Crippen LogP contribution in [0.4, 0.5) is 11.6 Å². The van der Waals surface area contributed by atoms with Gasteiger partial charge in [0.25, 0.3) is 0 Å². The van der Waals surface area contributed by atoms with E-state index in [1.807, 2.05) is 11.8 Å². The standard InChI is InChI=1S/C16H26N4OS/c1-13-9-19(6-7-22-11-13)15-8-16(18-12-17-15)20-5-3-2-4-14(20)10-21/h8,12-14,21H,2-7,9-11H2,1H3. The minimum atomic E-state index is 0.204. The van der Waals surface area contributed by atoms with Gasteiger partial charge in [-0.15, -0.1) is 0 Å². The number of hydrogen-bond acceptors (Lipinski definition) is 6. The van der Waals surface area contributed by atoms with Crippen molar-refractivity contribution in [2.45, 2.75) is 32.2 Å². The molecule has 5 nitrogen and oxygen atoms in total. The third-order valence-corrected chi connectivity index (χ3v) is 5.81. The van der Waals surface area contributed by atoms with Crippen LogP contribution in [-0.2, 0) is 0 Å². The van der Waals surface area contributed by atoms with E-state index in [1.54, 1.807) is 6.33 Å². The second-order valence-electron chi connectivity index (χ2n) is 6.39. The fraction of sp³-hybridized carbons (Fsp3) is 0.750. The first kappa shape index (κ1) is 15.9. The molecule has 1 aromatic rings. The second kappa shape index (κ2) is 7.51. The summed E-state index contributed by atoms with van der Waals surface area (Å²) in [7, 11) is 0. The Kier molecular flexibility index (Phi) is 5.41. The molecule has 2 unspecified atom stereocenters. The van der Waals surface area contributed by atoms with Gasteiger partial charge in [-0.2, -0.15) is 11.8 Å². The molecule has 2 fully saturated rings. The molecule has 0 saturated carbocycles. The first-order valence-electron chi connectivity index (χ1n) is 8.30. The Labute approximate surface area is 137 Å². The van der Waals surface area contributed by atoms with Crippen molar-refractivity contribution in [3.05, 3.63) is 12.4 Å². The van der Waals surface area contributed by atoms with E-state index in [0.29, 0.717) is 5.92 Å². The summed E-state index contributed by atoms with van der Waals surface area (Å²) in [6.07, 6.45) is 5.09. The van der Waals surface area contributed by atoms with Gasteiger partial charge >= 0.3 is 0 Å². The predicted octanol–water partition coefficient (Wildman–Crippen LogP) is 2.02. The lowest BCUT2D eigenvalue weighted by Crippen LogP contribution is -2.42. The molecular formula is C16H26N4OS. The van der Waals surface area contributed by atoms with Gasteiger partial charge in [-0.1, -0.05) is 6.92 Å². The Bertz CT molecular complexity index is 487. The highest BCUT2D eigenvalue weighted by Gasteiger charge is 2.24. The minimum Gasteiger partial charge on any atom is -0.394 e. The van der Waals surface area contributed by atoms with Crippen molar-refractivity contribution in [3.63, 3.8) is 0 Å². The fourth-order valence-electron chi connectivity index (χ4n) is 3.35. The quantitative estimate of drug-likeness (QED) is 0.919. The zero-order valence-corrected chi connectivity index (χ0v) is 14.1. The van der Waals surface area contributed by atoms with Crippen molar-refractivity contribution in [3.8, 4) is 0 Å². The maximum absolute atomic E-state index is 9.61. The van der Waals surface area contributed by atoms with Crippen LogP contribution in [0.5, 0.6) is 0 Å². The van der Waals surface area contributed by atoms with E-state index in [-0.39, 0.29) is 12.6 Å².